The molecule has 2 nitrogen and oxygen atoms in total. The van der Waals surface area contributed by atoms with E-state index in [2.05, 4.69) is 0 Å². The lowest BCUT2D eigenvalue weighted by molar-refractivity contribution is -0.141. The highest BCUT2D eigenvalue weighted by Gasteiger charge is 2.32. The Balaban J connectivity index is 2.48. The van der Waals surface area contributed by atoms with Crippen molar-refractivity contribution >= 4 is 0 Å². The van der Waals surface area contributed by atoms with Gasteiger partial charge in [0.2, 0.25) is 5.56 Å². The van der Waals surface area contributed by atoms with Crippen molar-refractivity contribution in [2.24, 2.45) is 0 Å². The average Bonchev–Trinajstić information content (AvgIpc) is 2.36. The molecule has 2 rings (SSSR count). The van der Waals surface area contributed by atoms with Crippen LogP contribution in [0.3, 0.4) is 0 Å². The van der Waals surface area contributed by atoms with Crippen LogP contribution < -0.4 is 5.56 Å². The standard InChI is InChI=1S/C13H7F6NO/c14-12(15,16)9-3-1-7(2-4-9)8-5-10(13(17,18)19)20-11(21)6-8/h1-6H,(H,20,21). The topological polar surface area (TPSA) is 32.9 Å². The maximum atomic E-state index is 12.6. The van der Waals surface area contributed by atoms with Gasteiger partial charge in [-0.2, -0.15) is 26.3 Å². The van der Waals surface area contributed by atoms with Crippen LogP contribution in [0.5, 0.6) is 0 Å². The zero-order valence-corrected chi connectivity index (χ0v) is 10.1. The van der Waals surface area contributed by atoms with E-state index in [4.69, 9.17) is 0 Å². The van der Waals surface area contributed by atoms with Gasteiger partial charge in [-0.25, -0.2) is 0 Å². The van der Waals surface area contributed by atoms with E-state index in [0.717, 1.165) is 30.3 Å². The van der Waals surface area contributed by atoms with Crippen LogP contribution in [-0.2, 0) is 12.4 Å². The smallest absolute Gasteiger partial charge is 0.318 e. The van der Waals surface area contributed by atoms with Gasteiger partial charge >= 0.3 is 12.4 Å². The minimum atomic E-state index is -4.75. The molecule has 0 spiro atoms. The predicted octanol–water partition coefficient (Wildman–Crippen LogP) is 4.08. The number of nitrogens with one attached hydrogen (secondary N) is 1. The molecule has 1 N–H and O–H groups in total. The Morgan fingerprint density at radius 3 is 1.81 bits per heavy atom. The van der Waals surface area contributed by atoms with E-state index >= 15 is 0 Å². The van der Waals surface area contributed by atoms with Gasteiger partial charge in [-0.15, -0.1) is 0 Å². The van der Waals surface area contributed by atoms with Crippen LogP contribution in [0.4, 0.5) is 26.3 Å². The van der Waals surface area contributed by atoms with Crippen molar-refractivity contribution in [2.45, 2.75) is 12.4 Å². The molecule has 1 aromatic heterocycles. The van der Waals surface area contributed by atoms with E-state index in [1.54, 1.807) is 4.98 Å². The number of alkyl halides is 6. The Kier molecular flexibility index (Phi) is 3.56. The summed E-state index contributed by atoms with van der Waals surface area (Å²) in [6, 6.07) is 5.06. The van der Waals surface area contributed by atoms with E-state index in [0.29, 0.717) is 6.07 Å². The Morgan fingerprint density at radius 1 is 0.762 bits per heavy atom. The second kappa shape index (κ2) is 4.94. The zero-order valence-electron chi connectivity index (χ0n) is 10.1. The largest absolute Gasteiger partial charge is 0.431 e. The third-order valence-electron chi connectivity index (χ3n) is 2.70. The lowest BCUT2D eigenvalue weighted by Crippen LogP contribution is -2.15. The van der Waals surface area contributed by atoms with Gasteiger partial charge in [0.25, 0.3) is 0 Å². The maximum Gasteiger partial charge on any atom is 0.431 e. The van der Waals surface area contributed by atoms with Crippen molar-refractivity contribution in [3.8, 4) is 11.1 Å². The van der Waals surface area contributed by atoms with Crippen LogP contribution in [-0.4, -0.2) is 4.98 Å². The normalized spacial score (nSPS) is 12.5. The molecule has 0 aliphatic carbocycles. The van der Waals surface area contributed by atoms with Crippen LogP contribution >= 0.6 is 0 Å². The lowest BCUT2D eigenvalue weighted by atomic mass is 10.0. The second-order valence-electron chi connectivity index (χ2n) is 4.22. The van der Waals surface area contributed by atoms with Crippen molar-refractivity contribution in [2.75, 3.05) is 0 Å². The van der Waals surface area contributed by atoms with Gasteiger partial charge in [-0.3, -0.25) is 4.79 Å². The third kappa shape index (κ3) is 3.45. The summed E-state index contributed by atoms with van der Waals surface area (Å²) in [5.41, 5.74) is -3.20. The van der Waals surface area contributed by atoms with Crippen molar-refractivity contribution < 1.29 is 26.3 Å². The van der Waals surface area contributed by atoms with Gasteiger partial charge < -0.3 is 4.98 Å². The number of hydrogen-bond acceptors (Lipinski definition) is 1. The molecule has 21 heavy (non-hydrogen) atoms. The fourth-order valence-electron chi connectivity index (χ4n) is 1.71. The molecule has 0 saturated heterocycles. The summed E-state index contributed by atoms with van der Waals surface area (Å²) in [6.07, 6.45) is -9.29. The number of H-pyrrole nitrogens is 1. The molecule has 0 saturated carbocycles. The third-order valence-corrected chi connectivity index (χ3v) is 2.70. The van der Waals surface area contributed by atoms with Crippen LogP contribution in [0.2, 0.25) is 0 Å². The molecule has 1 aromatic carbocycles. The molecule has 112 valence electrons. The molecule has 0 fully saturated rings. The van der Waals surface area contributed by atoms with Crippen LogP contribution in [0.25, 0.3) is 11.1 Å². The summed E-state index contributed by atoms with van der Waals surface area (Å²) < 4.78 is 74.9. The zero-order chi connectivity index (χ0) is 15.8. The first-order valence-electron chi connectivity index (χ1n) is 5.56. The summed E-state index contributed by atoms with van der Waals surface area (Å²) in [5.74, 6) is 0. The number of hydrogen-bond donors (Lipinski definition) is 1. The van der Waals surface area contributed by atoms with Crippen molar-refractivity contribution in [3.05, 3.63) is 58.0 Å². The number of pyridine rings is 1. The van der Waals surface area contributed by atoms with Gasteiger partial charge in [0.05, 0.1) is 5.56 Å². The first-order chi connectivity index (χ1) is 9.57. The number of aromatic amines is 1. The molecule has 8 heteroatoms. The Morgan fingerprint density at radius 2 is 1.33 bits per heavy atom. The Labute approximate surface area is 114 Å². The first-order valence-corrected chi connectivity index (χ1v) is 5.56. The van der Waals surface area contributed by atoms with Gasteiger partial charge in [-0.05, 0) is 29.3 Å². The summed E-state index contributed by atoms with van der Waals surface area (Å²) in [7, 11) is 0. The number of halogens is 6. The first kappa shape index (κ1) is 15.1. The quantitative estimate of drug-likeness (QED) is 0.791. The number of rotatable bonds is 1. The fraction of sp³-hybridized carbons (Fsp3) is 0.154. The highest BCUT2D eigenvalue weighted by Crippen LogP contribution is 2.32. The van der Waals surface area contributed by atoms with Crippen LogP contribution in [0.15, 0.2) is 41.2 Å². The summed E-state index contributed by atoms with van der Waals surface area (Å²) in [4.78, 5) is 12.9. The molecule has 0 unspecified atom stereocenters. The fourth-order valence-corrected chi connectivity index (χ4v) is 1.71. The van der Waals surface area contributed by atoms with E-state index in [1.165, 1.54) is 0 Å². The molecule has 0 aliphatic rings. The van der Waals surface area contributed by atoms with Gasteiger partial charge in [0.15, 0.2) is 0 Å². The second-order valence-corrected chi connectivity index (χ2v) is 4.22. The average molecular weight is 307 g/mol. The predicted molar refractivity (Wildman–Crippen MR) is 62.5 cm³/mol. The minimum Gasteiger partial charge on any atom is -0.318 e. The Bertz CT molecular complexity index is 696. The minimum absolute atomic E-state index is 0.0830. The molecular formula is C13H7F6NO. The number of aromatic nitrogens is 1. The van der Waals surface area contributed by atoms with E-state index < -0.39 is 29.2 Å². The van der Waals surface area contributed by atoms with Gasteiger partial charge in [-0.1, -0.05) is 12.1 Å². The highest BCUT2D eigenvalue weighted by atomic mass is 19.4. The van der Waals surface area contributed by atoms with E-state index in [1.807, 2.05) is 0 Å². The SMILES string of the molecule is O=c1cc(-c2ccc(C(F)(F)F)cc2)cc(C(F)(F)F)[nH]1. The van der Waals surface area contributed by atoms with E-state index in [-0.39, 0.29) is 11.1 Å². The van der Waals surface area contributed by atoms with Crippen molar-refractivity contribution in [1.29, 1.82) is 0 Å². The molecule has 0 radical (unpaired) electrons. The molecule has 2 aromatic rings. The summed E-state index contributed by atoms with van der Waals surface area (Å²) in [6.45, 7) is 0. The highest BCUT2D eigenvalue weighted by molar-refractivity contribution is 5.63. The molecule has 0 amide bonds. The molecule has 0 atom stereocenters. The van der Waals surface area contributed by atoms with E-state index in [9.17, 15) is 31.1 Å². The summed E-state index contributed by atoms with van der Waals surface area (Å²) >= 11 is 0. The summed E-state index contributed by atoms with van der Waals surface area (Å²) in [5, 5.41) is 0. The maximum absolute atomic E-state index is 12.6. The molecule has 1 heterocycles. The molecule has 0 aliphatic heterocycles. The van der Waals surface area contributed by atoms with Crippen LogP contribution in [0, 0.1) is 0 Å². The van der Waals surface area contributed by atoms with Gasteiger partial charge in [0.1, 0.15) is 5.69 Å². The lowest BCUT2D eigenvalue weighted by Gasteiger charge is -2.10. The Hall–Kier alpha value is -2.25. The monoisotopic (exact) mass is 307 g/mol. The van der Waals surface area contributed by atoms with Crippen LogP contribution in [0.1, 0.15) is 11.3 Å². The van der Waals surface area contributed by atoms with Crippen molar-refractivity contribution in [3.63, 3.8) is 0 Å². The van der Waals surface area contributed by atoms with Crippen molar-refractivity contribution in [1.82, 2.24) is 4.98 Å². The molecular weight excluding hydrogens is 300 g/mol. The van der Waals surface area contributed by atoms with Gasteiger partial charge in [0, 0.05) is 6.07 Å². The number of benzene rings is 1. The molecule has 0 bridgehead atoms.